The number of para-hydroxylation sites is 1. The number of aryl methyl sites for hydroxylation is 1. The van der Waals surface area contributed by atoms with Crippen LogP contribution in [-0.2, 0) is 13.1 Å². The molecule has 3 heteroatoms. The fourth-order valence-electron chi connectivity index (χ4n) is 2.43. The number of pyridine rings is 1. The zero-order valence-electron chi connectivity index (χ0n) is 11.5. The minimum absolute atomic E-state index is 0.841. The van der Waals surface area contributed by atoms with Crippen LogP contribution < -0.4 is 5.32 Å². The lowest BCUT2D eigenvalue weighted by atomic mass is 10.2. The number of hydrogen-bond acceptors (Lipinski definition) is 2. The van der Waals surface area contributed by atoms with Gasteiger partial charge in [-0.25, -0.2) is 0 Å². The molecule has 0 aliphatic carbocycles. The maximum Gasteiger partial charge on any atom is 0.0541 e. The van der Waals surface area contributed by atoms with E-state index in [4.69, 9.17) is 0 Å². The van der Waals surface area contributed by atoms with Crippen molar-refractivity contribution >= 4 is 10.9 Å². The van der Waals surface area contributed by atoms with Crippen molar-refractivity contribution in [2.45, 2.75) is 19.5 Å². The van der Waals surface area contributed by atoms with Gasteiger partial charge in [-0.05, 0) is 42.6 Å². The number of aromatic nitrogens is 2. The third-order valence-electron chi connectivity index (χ3n) is 3.47. The van der Waals surface area contributed by atoms with E-state index in [0.29, 0.717) is 0 Å². The number of rotatable bonds is 6. The van der Waals surface area contributed by atoms with Gasteiger partial charge in [-0.3, -0.25) is 4.98 Å². The Labute approximate surface area is 119 Å². The third-order valence-corrected chi connectivity index (χ3v) is 3.47. The van der Waals surface area contributed by atoms with Crippen LogP contribution in [0.1, 0.15) is 12.1 Å². The topological polar surface area (TPSA) is 29.9 Å². The van der Waals surface area contributed by atoms with E-state index in [1.54, 1.807) is 0 Å². The van der Waals surface area contributed by atoms with Gasteiger partial charge in [-0.15, -0.1) is 0 Å². The SMILES string of the molecule is c1ccc(CNCCCn2ccc3ccccc32)nc1. The lowest BCUT2D eigenvalue weighted by Gasteiger charge is -2.07. The van der Waals surface area contributed by atoms with Gasteiger partial charge in [0.25, 0.3) is 0 Å². The van der Waals surface area contributed by atoms with Gasteiger partial charge in [0.1, 0.15) is 0 Å². The summed E-state index contributed by atoms with van der Waals surface area (Å²) in [5, 5.41) is 4.75. The molecule has 0 atom stereocenters. The molecule has 0 unspecified atom stereocenters. The van der Waals surface area contributed by atoms with E-state index in [-0.39, 0.29) is 0 Å². The van der Waals surface area contributed by atoms with Crippen molar-refractivity contribution in [3.63, 3.8) is 0 Å². The summed E-state index contributed by atoms with van der Waals surface area (Å²) < 4.78 is 2.32. The van der Waals surface area contributed by atoms with Crippen LogP contribution in [0.15, 0.2) is 60.9 Å². The maximum absolute atomic E-state index is 4.30. The van der Waals surface area contributed by atoms with Gasteiger partial charge in [-0.1, -0.05) is 24.3 Å². The predicted octanol–water partition coefficient (Wildman–Crippen LogP) is 3.22. The van der Waals surface area contributed by atoms with Crippen LogP contribution in [0.5, 0.6) is 0 Å². The molecular weight excluding hydrogens is 246 g/mol. The molecule has 1 N–H and O–H groups in total. The molecule has 3 aromatic rings. The van der Waals surface area contributed by atoms with E-state index in [9.17, 15) is 0 Å². The Balaban J connectivity index is 1.46. The Kier molecular flexibility index (Phi) is 4.09. The Bertz CT molecular complexity index is 658. The van der Waals surface area contributed by atoms with Crippen LogP contribution in [0.2, 0.25) is 0 Å². The van der Waals surface area contributed by atoms with Crippen molar-refractivity contribution in [2.75, 3.05) is 6.54 Å². The first-order chi connectivity index (χ1) is 9.93. The largest absolute Gasteiger partial charge is 0.347 e. The first-order valence-corrected chi connectivity index (χ1v) is 7.08. The maximum atomic E-state index is 4.30. The second-order valence-electron chi connectivity index (χ2n) is 4.92. The molecule has 3 nitrogen and oxygen atoms in total. The van der Waals surface area contributed by atoms with E-state index in [0.717, 1.165) is 31.7 Å². The van der Waals surface area contributed by atoms with Gasteiger partial charge >= 0.3 is 0 Å². The normalized spacial score (nSPS) is 11.0. The summed E-state index contributed by atoms with van der Waals surface area (Å²) >= 11 is 0. The average molecular weight is 265 g/mol. The minimum Gasteiger partial charge on any atom is -0.347 e. The second kappa shape index (κ2) is 6.35. The van der Waals surface area contributed by atoms with E-state index in [1.807, 2.05) is 24.4 Å². The van der Waals surface area contributed by atoms with Gasteiger partial charge in [0.15, 0.2) is 0 Å². The standard InChI is InChI=1S/C17H19N3/c1-2-8-17-15(6-1)9-13-20(17)12-5-10-18-14-16-7-3-4-11-19-16/h1-4,6-9,11,13,18H,5,10,12,14H2. The molecule has 102 valence electrons. The highest BCUT2D eigenvalue weighted by Gasteiger charge is 1.99. The molecule has 0 saturated carbocycles. The van der Waals surface area contributed by atoms with Crippen molar-refractivity contribution in [1.29, 1.82) is 0 Å². The molecule has 0 spiro atoms. The molecule has 0 radical (unpaired) electrons. The summed E-state index contributed by atoms with van der Waals surface area (Å²) in [6.45, 7) is 2.89. The van der Waals surface area contributed by atoms with Crippen molar-refractivity contribution < 1.29 is 0 Å². The highest BCUT2D eigenvalue weighted by atomic mass is 15.0. The average Bonchev–Trinajstić information content (AvgIpc) is 2.91. The summed E-state index contributed by atoms with van der Waals surface area (Å²) in [7, 11) is 0. The van der Waals surface area contributed by atoms with E-state index in [2.05, 4.69) is 51.4 Å². The number of nitrogens with zero attached hydrogens (tertiary/aromatic N) is 2. The van der Waals surface area contributed by atoms with Gasteiger partial charge in [0.2, 0.25) is 0 Å². The lowest BCUT2D eigenvalue weighted by molar-refractivity contribution is 0.586. The number of nitrogens with one attached hydrogen (secondary N) is 1. The Morgan fingerprint density at radius 3 is 2.80 bits per heavy atom. The van der Waals surface area contributed by atoms with Crippen LogP contribution in [0, 0.1) is 0 Å². The quantitative estimate of drug-likeness (QED) is 0.694. The van der Waals surface area contributed by atoms with Gasteiger partial charge in [-0.2, -0.15) is 0 Å². The molecule has 0 fully saturated rings. The van der Waals surface area contributed by atoms with Crippen molar-refractivity contribution in [2.24, 2.45) is 0 Å². The minimum atomic E-state index is 0.841. The number of hydrogen-bond donors (Lipinski definition) is 1. The van der Waals surface area contributed by atoms with Crippen molar-refractivity contribution in [3.05, 3.63) is 66.6 Å². The molecule has 20 heavy (non-hydrogen) atoms. The molecule has 0 saturated heterocycles. The fourth-order valence-corrected chi connectivity index (χ4v) is 2.43. The highest BCUT2D eigenvalue weighted by Crippen LogP contribution is 2.15. The Morgan fingerprint density at radius 2 is 1.90 bits per heavy atom. The van der Waals surface area contributed by atoms with Crippen molar-refractivity contribution in [1.82, 2.24) is 14.9 Å². The van der Waals surface area contributed by atoms with E-state index >= 15 is 0 Å². The van der Waals surface area contributed by atoms with Crippen LogP contribution >= 0.6 is 0 Å². The Morgan fingerprint density at radius 1 is 1.00 bits per heavy atom. The van der Waals surface area contributed by atoms with Crippen molar-refractivity contribution in [3.8, 4) is 0 Å². The first kappa shape index (κ1) is 12.9. The van der Waals surface area contributed by atoms with Crippen LogP contribution in [0.3, 0.4) is 0 Å². The third kappa shape index (κ3) is 3.06. The molecule has 2 aromatic heterocycles. The van der Waals surface area contributed by atoms with Gasteiger partial charge in [0, 0.05) is 31.0 Å². The predicted molar refractivity (Wildman–Crippen MR) is 82.5 cm³/mol. The van der Waals surface area contributed by atoms with Gasteiger partial charge < -0.3 is 9.88 Å². The molecule has 2 heterocycles. The zero-order valence-corrected chi connectivity index (χ0v) is 11.5. The summed E-state index contributed by atoms with van der Waals surface area (Å²) in [6, 6.07) is 16.7. The first-order valence-electron chi connectivity index (χ1n) is 7.08. The summed E-state index contributed by atoms with van der Waals surface area (Å²) in [5.74, 6) is 0. The lowest BCUT2D eigenvalue weighted by Crippen LogP contribution is -2.17. The van der Waals surface area contributed by atoms with Crippen LogP contribution in [0.25, 0.3) is 10.9 Å². The monoisotopic (exact) mass is 265 g/mol. The summed E-state index contributed by atoms with van der Waals surface area (Å²) in [5.41, 5.74) is 2.41. The zero-order chi connectivity index (χ0) is 13.6. The molecule has 3 rings (SSSR count). The second-order valence-corrected chi connectivity index (χ2v) is 4.92. The molecular formula is C17H19N3. The number of fused-ring (bicyclic) bond motifs is 1. The highest BCUT2D eigenvalue weighted by molar-refractivity contribution is 5.79. The van der Waals surface area contributed by atoms with E-state index < -0.39 is 0 Å². The molecule has 0 amide bonds. The molecule has 1 aromatic carbocycles. The van der Waals surface area contributed by atoms with Crippen LogP contribution in [0.4, 0.5) is 0 Å². The summed E-state index contributed by atoms with van der Waals surface area (Å²) in [6.07, 6.45) is 5.12. The smallest absolute Gasteiger partial charge is 0.0541 e. The Hall–Kier alpha value is -2.13. The number of benzene rings is 1. The molecule has 0 aliphatic rings. The van der Waals surface area contributed by atoms with Gasteiger partial charge in [0.05, 0.1) is 5.69 Å². The van der Waals surface area contributed by atoms with Crippen LogP contribution in [-0.4, -0.2) is 16.1 Å². The molecule has 0 aliphatic heterocycles. The van der Waals surface area contributed by atoms with E-state index in [1.165, 1.54) is 10.9 Å². The fraction of sp³-hybridized carbons (Fsp3) is 0.235. The summed E-state index contributed by atoms with van der Waals surface area (Å²) in [4.78, 5) is 4.30. The molecule has 0 bridgehead atoms.